The van der Waals surface area contributed by atoms with Gasteiger partial charge in [0, 0.05) is 11.5 Å². The Hall–Kier alpha value is -2.85. The maximum atomic E-state index is 14.2. The van der Waals surface area contributed by atoms with Crippen LogP contribution >= 0.6 is 0 Å². The average molecular weight is 458 g/mol. The molecule has 3 aromatic carbocycles. The molecule has 10 heteroatoms. The van der Waals surface area contributed by atoms with Crippen LogP contribution in [0.3, 0.4) is 0 Å². The molecule has 0 spiro atoms. The quantitative estimate of drug-likeness (QED) is 0.150. The highest BCUT2D eigenvalue weighted by Gasteiger charge is 2.48. The van der Waals surface area contributed by atoms with E-state index < -0.39 is 27.2 Å². The van der Waals surface area contributed by atoms with Crippen LogP contribution in [0.25, 0.3) is 10.8 Å². The first-order chi connectivity index (χ1) is 14.6. The topological polar surface area (TPSA) is 61.8 Å². The van der Waals surface area contributed by atoms with Crippen molar-refractivity contribution in [2.24, 2.45) is 0 Å². The van der Waals surface area contributed by atoms with Gasteiger partial charge in [-0.25, -0.2) is 4.39 Å². The fourth-order valence-corrected chi connectivity index (χ4v) is 3.41. The van der Waals surface area contributed by atoms with Gasteiger partial charge in [0.25, 0.3) is 0 Å². The SMILES string of the molecule is CCc1c(F)ccc2cc(OCOCc3ccccc3)cc(OS(=O)(=O)C(F)(F)F)c12. The van der Waals surface area contributed by atoms with E-state index in [-0.39, 0.29) is 41.9 Å². The highest BCUT2D eigenvalue weighted by molar-refractivity contribution is 7.88. The summed E-state index contributed by atoms with van der Waals surface area (Å²) in [6.45, 7) is 1.56. The molecule has 0 saturated carbocycles. The Labute approximate surface area is 176 Å². The van der Waals surface area contributed by atoms with Crippen molar-refractivity contribution in [3.05, 3.63) is 71.5 Å². The lowest BCUT2D eigenvalue weighted by atomic mass is 10.0. The van der Waals surface area contributed by atoms with E-state index in [1.165, 1.54) is 12.1 Å². The van der Waals surface area contributed by atoms with Crippen LogP contribution in [0.5, 0.6) is 11.5 Å². The van der Waals surface area contributed by atoms with Gasteiger partial charge >= 0.3 is 15.6 Å². The molecule has 0 amide bonds. The van der Waals surface area contributed by atoms with Gasteiger partial charge < -0.3 is 13.7 Å². The summed E-state index contributed by atoms with van der Waals surface area (Å²) in [5, 5.41) is 0.180. The Kier molecular flexibility index (Phi) is 6.71. The van der Waals surface area contributed by atoms with Crippen molar-refractivity contribution in [2.75, 3.05) is 6.79 Å². The Balaban J connectivity index is 1.92. The minimum absolute atomic E-state index is 0.00148. The van der Waals surface area contributed by atoms with Gasteiger partial charge in [-0.3, -0.25) is 0 Å². The van der Waals surface area contributed by atoms with Crippen LogP contribution in [0.1, 0.15) is 18.1 Å². The van der Waals surface area contributed by atoms with Crippen LogP contribution in [0, 0.1) is 5.82 Å². The van der Waals surface area contributed by atoms with Crippen molar-refractivity contribution in [1.29, 1.82) is 0 Å². The Morgan fingerprint density at radius 3 is 2.35 bits per heavy atom. The maximum absolute atomic E-state index is 14.2. The molecule has 0 fully saturated rings. The van der Waals surface area contributed by atoms with Crippen LogP contribution < -0.4 is 8.92 Å². The number of halogens is 4. The minimum Gasteiger partial charge on any atom is -0.467 e. The fraction of sp³-hybridized carbons (Fsp3) is 0.238. The summed E-state index contributed by atoms with van der Waals surface area (Å²) >= 11 is 0. The molecule has 0 saturated heterocycles. The zero-order valence-corrected chi connectivity index (χ0v) is 17.1. The molecule has 0 aliphatic rings. The molecule has 3 aromatic rings. The Morgan fingerprint density at radius 1 is 1.00 bits per heavy atom. The molecular weight excluding hydrogens is 440 g/mol. The van der Waals surface area contributed by atoms with Gasteiger partial charge in [-0.05, 0) is 35.1 Å². The number of hydrogen-bond acceptors (Lipinski definition) is 5. The smallest absolute Gasteiger partial charge is 0.467 e. The lowest BCUT2D eigenvalue weighted by Crippen LogP contribution is -2.28. The van der Waals surface area contributed by atoms with E-state index in [0.29, 0.717) is 0 Å². The van der Waals surface area contributed by atoms with Gasteiger partial charge in [-0.2, -0.15) is 21.6 Å². The lowest BCUT2D eigenvalue weighted by molar-refractivity contribution is -0.0499. The zero-order valence-electron chi connectivity index (χ0n) is 16.3. The number of benzene rings is 3. The fourth-order valence-electron chi connectivity index (χ4n) is 2.95. The first-order valence-electron chi connectivity index (χ1n) is 9.12. The normalized spacial score (nSPS) is 12.2. The third kappa shape index (κ3) is 5.26. The largest absolute Gasteiger partial charge is 0.534 e. The summed E-state index contributed by atoms with van der Waals surface area (Å²) in [6, 6.07) is 14.0. The summed E-state index contributed by atoms with van der Waals surface area (Å²) in [5.41, 5.74) is -4.74. The Morgan fingerprint density at radius 2 is 1.71 bits per heavy atom. The van der Waals surface area contributed by atoms with Gasteiger partial charge in [0.1, 0.15) is 11.6 Å². The van der Waals surface area contributed by atoms with Crippen molar-refractivity contribution in [3.8, 4) is 11.5 Å². The highest BCUT2D eigenvalue weighted by Crippen LogP contribution is 2.38. The average Bonchev–Trinajstić information content (AvgIpc) is 2.71. The standard InChI is InChI=1S/C21H18F4O5S/c1-2-17-18(22)9-8-15-10-16(29-13-28-12-14-6-4-3-5-7-14)11-19(20(15)17)30-31(26,27)21(23,24)25/h3-11H,2,12-13H2,1H3. The monoisotopic (exact) mass is 458 g/mol. The third-order valence-electron chi connectivity index (χ3n) is 4.36. The second kappa shape index (κ2) is 9.11. The van der Waals surface area contributed by atoms with Crippen LogP contribution in [0.4, 0.5) is 17.6 Å². The Bertz CT molecular complexity index is 1160. The third-order valence-corrected chi connectivity index (χ3v) is 5.33. The molecule has 0 atom stereocenters. The van der Waals surface area contributed by atoms with Crippen LogP contribution in [-0.4, -0.2) is 20.7 Å². The van der Waals surface area contributed by atoms with E-state index in [1.54, 1.807) is 6.92 Å². The molecule has 0 N–H and O–H groups in total. The van der Waals surface area contributed by atoms with Gasteiger partial charge in [0.05, 0.1) is 6.61 Å². The summed E-state index contributed by atoms with van der Waals surface area (Å²) in [4.78, 5) is 0. The molecule has 0 unspecified atom stereocenters. The minimum atomic E-state index is -5.97. The molecule has 5 nitrogen and oxygen atoms in total. The first-order valence-corrected chi connectivity index (χ1v) is 10.5. The first kappa shape index (κ1) is 22.8. The van der Waals surface area contributed by atoms with Crippen molar-refractivity contribution >= 4 is 20.9 Å². The van der Waals surface area contributed by atoms with Crippen LogP contribution in [0.15, 0.2) is 54.6 Å². The number of ether oxygens (including phenoxy) is 2. The predicted molar refractivity (Wildman–Crippen MR) is 106 cm³/mol. The molecule has 166 valence electrons. The number of fused-ring (bicyclic) bond motifs is 1. The van der Waals surface area contributed by atoms with Crippen molar-refractivity contribution in [3.63, 3.8) is 0 Å². The summed E-state index contributed by atoms with van der Waals surface area (Å²) in [6.07, 6.45) is 0.103. The van der Waals surface area contributed by atoms with Crippen LogP contribution in [-0.2, 0) is 27.9 Å². The van der Waals surface area contributed by atoms with E-state index >= 15 is 0 Å². The van der Waals surface area contributed by atoms with Crippen molar-refractivity contribution in [2.45, 2.75) is 25.5 Å². The molecule has 3 rings (SSSR count). The van der Waals surface area contributed by atoms with E-state index in [2.05, 4.69) is 4.18 Å². The molecule has 0 aromatic heterocycles. The van der Waals surface area contributed by atoms with E-state index in [1.807, 2.05) is 30.3 Å². The van der Waals surface area contributed by atoms with Gasteiger partial charge in [-0.1, -0.05) is 43.3 Å². The molecule has 31 heavy (non-hydrogen) atoms. The highest BCUT2D eigenvalue weighted by atomic mass is 32.2. The summed E-state index contributed by atoms with van der Waals surface area (Å²) < 4.78 is 91.0. The molecule has 0 radical (unpaired) electrons. The number of alkyl halides is 3. The van der Waals surface area contributed by atoms with E-state index in [4.69, 9.17) is 9.47 Å². The summed E-state index contributed by atoms with van der Waals surface area (Å²) in [5.74, 6) is -1.37. The van der Waals surface area contributed by atoms with E-state index in [9.17, 15) is 26.0 Å². The van der Waals surface area contributed by atoms with Crippen LogP contribution in [0.2, 0.25) is 0 Å². The predicted octanol–water partition coefficient (Wildman–Crippen LogP) is 5.32. The summed E-state index contributed by atoms with van der Waals surface area (Å²) in [7, 11) is -5.97. The lowest BCUT2D eigenvalue weighted by Gasteiger charge is -2.16. The molecule has 0 heterocycles. The number of aryl methyl sites for hydroxylation is 1. The van der Waals surface area contributed by atoms with E-state index in [0.717, 1.165) is 17.7 Å². The van der Waals surface area contributed by atoms with Crippen molar-refractivity contribution in [1.82, 2.24) is 0 Å². The van der Waals surface area contributed by atoms with Gasteiger partial charge in [-0.15, -0.1) is 0 Å². The number of hydrogen-bond donors (Lipinski definition) is 0. The molecular formula is C21H18F4O5S. The zero-order chi connectivity index (χ0) is 22.6. The number of rotatable bonds is 8. The maximum Gasteiger partial charge on any atom is 0.534 e. The molecule has 0 aliphatic carbocycles. The van der Waals surface area contributed by atoms with Crippen molar-refractivity contribution < 1.29 is 39.6 Å². The van der Waals surface area contributed by atoms with Gasteiger partial charge in [0.2, 0.25) is 0 Å². The second-order valence-corrected chi connectivity index (χ2v) is 8.02. The van der Waals surface area contributed by atoms with Gasteiger partial charge in [0.15, 0.2) is 12.5 Å². The molecule has 0 bridgehead atoms. The second-order valence-electron chi connectivity index (χ2n) is 6.48. The molecule has 0 aliphatic heterocycles.